The third kappa shape index (κ3) is 3.65. The van der Waals surface area contributed by atoms with Crippen molar-refractivity contribution in [2.45, 2.75) is 6.54 Å². The molecule has 0 aliphatic carbocycles. The molecule has 5 heteroatoms. The fraction of sp³-hybridized carbons (Fsp3) is 0.133. The highest BCUT2D eigenvalue weighted by Crippen LogP contribution is 2.04. The maximum absolute atomic E-state index is 11.9. The molecule has 20 heavy (non-hydrogen) atoms. The zero-order valence-electron chi connectivity index (χ0n) is 11.1. The number of esters is 1. The van der Waals surface area contributed by atoms with Crippen molar-refractivity contribution in [1.82, 2.24) is 0 Å². The highest BCUT2D eigenvalue weighted by Gasteiger charge is 2.13. The Morgan fingerprint density at radius 2 is 1.90 bits per heavy atom. The minimum Gasteiger partial charge on any atom is -0.465 e. The summed E-state index contributed by atoms with van der Waals surface area (Å²) in [5, 5.41) is 2.78. The first-order valence-electron chi connectivity index (χ1n) is 6.11. The molecule has 0 fully saturated rings. The van der Waals surface area contributed by atoms with Crippen LogP contribution in [0.15, 0.2) is 54.9 Å². The van der Waals surface area contributed by atoms with E-state index in [4.69, 9.17) is 0 Å². The molecule has 0 aliphatic rings. The highest BCUT2D eigenvalue weighted by molar-refractivity contribution is 5.90. The number of methoxy groups -OCH3 is 1. The number of hydrogen-bond donors (Lipinski definition) is 1. The van der Waals surface area contributed by atoms with Crippen LogP contribution in [0.4, 0.5) is 5.69 Å². The monoisotopic (exact) mass is 271 g/mol. The lowest BCUT2D eigenvalue weighted by molar-refractivity contribution is -0.684. The molecule has 0 unspecified atom stereocenters. The molecule has 102 valence electrons. The molecule has 2 rings (SSSR count). The van der Waals surface area contributed by atoms with Crippen LogP contribution in [0, 0.1) is 0 Å². The number of anilines is 1. The molecule has 0 atom stereocenters. The van der Waals surface area contributed by atoms with Crippen LogP contribution in [-0.4, -0.2) is 19.0 Å². The van der Waals surface area contributed by atoms with Gasteiger partial charge in [0.2, 0.25) is 6.54 Å². The third-order valence-electron chi connectivity index (χ3n) is 2.66. The highest BCUT2D eigenvalue weighted by atomic mass is 16.5. The lowest BCUT2D eigenvalue weighted by atomic mass is 10.3. The first-order chi connectivity index (χ1) is 9.69. The summed E-state index contributed by atoms with van der Waals surface area (Å²) in [5.74, 6) is -0.592. The molecule has 1 amide bonds. The maximum Gasteiger partial charge on any atom is 0.343 e. The number of nitrogens with zero attached hydrogens (tertiary/aromatic N) is 1. The molecule has 0 aliphatic heterocycles. The second-order valence-corrected chi connectivity index (χ2v) is 4.17. The van der Waals surface area contributed by atoms with Crippen molar-refractivity contribution < 1.29 is 18.9 Å². The Morgan fingerprint density at radius 1 is 1.15 bits per heavy atom. The van der Waals surface area contributed by atoms with Crippen molar-refractivity contribution in [2.24, 2.45) is 0 Å². The molecule has 0 spiro atoms. The van der Waals surface area contributed by atoms with Crippen LogP contribution >= 0.6 is 0 Å². The van der Waals surface area contributed by atoms with Gasteiger partial charge in [0.25, 0.3) is 5.91 Å². The van der Waals surface area contributed by atoms with Gasteiger partial charge in [-0.15, -0.1) is 0 Å². The second kappa shape index (κ2) is 6.47. The number of para-hydroxylation sites is 1. The topological polar surface area (TPSA) is 59.3 Å². The summed E-state index contributed by atoms with van der Waals surface area (Å²) in [6.45, 7) is 0.125. The number of aromatic nitrogens is 1. The van der Waals surface area contributed by atoms with E-state index < -0.39 is 5.97 Å². The largest absolute Gasteiger partial charge is 0.465 e. The van der Waals surface area contributed by atoms with E-state index in [-0.39, 0.29) is 12.5 Å². The smallest absolute Gasteiger partial charge is 0.343 e. The molecule has 0 saturated heterocycles. The average Bonchev–Trinajstić information content (AvgIpc) is 2.47. The van der Waals surface area contributed by atoms with Gasteiger partial charge >= 0.3 is 5.97 Å². The quantitative estimate of drug-likeness (QED) is 0.675. The van der Waals surface area contributed by atoms with Crippen molar-refractivity contribution in [3.8, 4) is 0 Å². The van der Waals surface area contributed by atoms with Crippen LogP contribution in [0.25, 0.3) is 0 Å². The number of amides is 1. The summed E-state index contributed by atoms with van der Waals surface area (Å²) in [6.07, 6.45) is 3.30. The Balaban J connectivity index is 2.03. The molecule has 1 N–H and O–H groups in total. The Bertz CT molecular complexity index is 612. The lowest BCUT2D eigenvalue weighted by Gasteiger charge is -2.03. The second-order valence-electron chi connectivity index (χ2n) is 4.17. The van der Waals surface area contributed by atoms with E-state index in [0.29, 0.717) is 5.56 Å². The number of nitrogens with one attached hydrogen (secondary N) is 1. The van der Waals surface area contributed by atoms with Crippen LogP contribution < -0.4 is 9.88 Å². The van der Waals surface area contributed by atoms with Crippen LogP contribution in [0.1, 0.15) is 10.4 Å². The van der Waals surface area contributed by atoms with Gasteiger partial charge in [-0.2, -0.15) is 4.57 Å². The summed E-state index contributed by atoms with van der Waals surface area (Å²) in [4.78, 5) is 23.3. The Kier molecular flexibility index (Phi) is 4.44. The predicted octanol–water partition coefficient (Wildman–Crippen LogP) is 1.40. The van der Waals surface area contributed by atoms with Crippen LogP contribution in [0.2, 0.25) is 0 Å². The number of carbonyl (C=O) groups is 2. The Morgan fingerprint density at radius 3 is 2.60 bits per heavy atom. The maximum atomic E-state index is 11.9. The summed E-state index contributed by atoms with van der Waals surface area (Å²) < 4.78 is 6.27. The molecule has 0 bridgehead atoms. The minimum atomic E-state index is -0.428. The third-order valence-corrected chi connectivity index (χ3v) is 2.66. The fourth-order valence-electron chi connectivity index (χ4n) is 1.75. The first-order valence-corrected chi connectivity index (χ1v) is 6.11. The van der Waals surface area contributed by atoms with Crippen LogP contribution in [0.3, 0.4) is 0 Å². The van der Waals surface area contributed by atoms with Crippen molar-refractivity contribution in [3.63, 3.8) is 0 Å². The van der Waals surface area contributed by atoms with E-state index in [2.05, 4.69) is 10.1 Å². The zero-order chi connectivity index (χ0) is 14.4. The van der Waals surface area contributed by atoms with Gasteiger partial charge in [-0.25, -0.2) is 4.79 Å². The number of pyridine rings is 1. The molecule has 1 aromatic heterocycles. The SMILES string of the molecule is COC(=O)c1ccc[n+](CC(=O)Nc2ccccc2)c1. The molecule has 0 radical (unpaired) electrons. The number of hydrogen-bond acceptors (Lipinski definition) is 3. The van der Waals surface area contributed by atoms with E-state index in [9.17, 15) is 9.59 Å². The molecule has 2 aromatic rings. The summed E-state index contributed by atoms with van der Waals surface area (Å²) >= 11 is 0. The van der Waals surface area contributed by atoms with Crippen molar-refractivity contribution in [1.29, 1.82) is 0 Å². The number of ether oxygens (including phenoxy) is 1. The fourth-order valence-corrected chi connectivity index (χ4v) is 1.75. The van der Waals surface area contributed by atoms with E-state index in [1.807, 2.05) is 30.3 Å². The molecule has 5 nitrogen and oxygen atoms in total. The van der Waals surface area contributed by atoms with Gasteiger partial charge in [0.15, 0.2) is 12.4 Å². The van der Waals surface area contributed by atoms with E-state index in [1.54, 1.807) is 29.1 Å². The standard InChI is InChI=1S/C15H14N2O3/c1-20-15(19)12-6-5-9-17(10-12)11-14(18)16-13-7-3-2-4-8-13/h2-10H,11H2,1H3/p+1. The van der Waals surface area contributed by atoms with Crippen molar-refractivity contribution >= 4 is 17.6 Å². The molecule has 0 saturated carbocycles. The van der Waals surface area contributed by atoms with Gasteiger partial charge in [0.1, 0.15) is 5.56 Å². The lowest BCUT2D eigenvalue weighted by Crippen LogP contribution is -2.40. The first kappa shape index (κ1) is 13.7. The van der Waals surface area contributed by atoms with Gasteiger partial charge in [0.05, 0.1) is 7.11 Å². The number of carbonyl (C=O) groups excluding carboxylic acids is 2. The summed E-state index contributed by atoms with van der Waals surface area (Å²) in [6, 6.07) is 12.5. The van der Waals surface area contributed by atoms with Gasteiger partial charge < -0.3 is 10.1 Å². The predicted molar refractivity (Wildman–Crippen MR) is 73.0 cm³/mol. The van der Waals surface area contributed by atoms with E-state index in [0.717, 1.165) is 5.69 Å². The summed E-state index contributed by atoms with van der Waals surface area (Å²) in [5.41, 5.74) is 1.14. The number of benzene rings is 1. The Labute approximate surface area is 116 Å². The van der Waals surface area contributed by atoms with Crippen molar-refractivity contribution in [2.75, 3.05) is 12.4 Å². The van der Waals surface area contributed by atoms with Gasteiger partial charge in [-0.05, 0) is 18.2 Å². The minimum absolute atomic E-state index is 0.125. The normalized spacial score (nSPS) is 9.85. The van der Waals surface area contributed by atoms with E-state index in [1.165, 1.54) is 7.11 Å². The van der Waals surface area contributed by atoms with Gasteiger partial charge in [-0.3, -0.25) is 4.79 Å². The van der Waals surface area contributed by atoms with Crippen LogP contribution in [-0.2, 0) is 16.1 Å². The van der Waals surface area contributed by atoms with Gasteiger partial charge in [-0.1, -0.05) is 18.2 Å². The van der Waals surface area contributed by atoms with Crippen LogP contribution in [0.5, 0.6) is 0 Å². The Hall–Kier alpha value is -2.69. The average molecular weight is 271 g/mol. The van der Waals surface area contributed by atoms with Crippen molar-refractivity contribution in [3.05, 3.63) is 60.4 Å². The molecule has 1 heterocycles. The zero-order valence-corrected chi connectivity index (χ0v) is 11.1. The van der Waals surface area contributed by atoms with E-state index >= 15 is 0 Å². The molecule has 1 aromatic carbocycles. The van der Waals surface area contributed by atoms with Gasteiger partial charge in [0, 0.05) is 11.8 Å². The number of rotatable bonds is 4. The summed E-state index contributed by atoms with van der Waals surface area (Å²) in [7, 11) is 1.32. The molecular weight excluding hydrogens is 256 g/mol. The molecular formula is C15H15N2O3+.